The number of benzene rings is 1. The van der Waals surface area contributed by atoms with E-state index in [2.05, 4.69) is 22.0 Å². The molecule has 1 aliphatic heterocycles. The highest BCUT2D eigenvalue weighted by Crippen LogP contribution is 2.25. The van der Waals surface area contributed by atoms with Crippen LogP contribution in [0.2, 0.25) is 0 Å². The molecule has 2 unspecified atom stereocenters. The van der Waals surface area contributed by atoms with E-state index in [1.54, 1.807) is 12.1 Å². The third-order valence-electron chi connectivity index (χ3n) is 4.54. The van der Waals surface area contributed by atoms with E-state index < -0.39 is 4.92 Å². The number of aliphatic hydroxyl groups is 1. The van der Waals surface area contributed by atoms with Crippen molar-refractivity contribution in [2.45, 2.75) is 32.4 Å². The molecule has 1 aromatic heterocycles. The maximum absolute atomic E-state index is 10.9. The molecule has 0 radical (unpaired) electrons. The molecule has 0 bridgehead atoms. The van der Waals surface area contributed by atoms with Crippen LogP contribution in [-0.2, 0) is 6.54 Å². The fourth-order valence-corrected chi connectivity index (χ4v) is 3.19. The van der Waals surface area contributed by atoms with E-state index in [9.17, 15) is 15.2 Å². The van der Waals surface area contributed by atoms with Crippen molar-refractivity contribution < 1.29 is 14.6 Å². The van der Waals surface area contributed by atoms with Crippen LogP contribution in [-0.4, -0.2) is 44.3 Å². The number of hydrogen-bond acceptors (Lipinski definition) is 7. The topological polar surface area (TPSA) is 106 Å². The van der Waals surface area contributed by atoms with E-state index in [-0.39, 0.29) is 18.3 Å². The fourth-order valence-electron chi connectivity index (χ4n) is 3.19. The maximum Gasteiger partial charge on any atom is 0.270 e. The Kier molecular flexibility index (Phi) is 4.86. The van der Waals surface area contributed by atoms with Crippen LogP contribution in [0.5, 0.6) is 0 Å². The van der Waals surface area contributed by atoms with Gasteiger partial charge in [0.1, 0.15) is 0 Å². The second kappa shape index (κ2) is 7.06. The molecular formula is C16H20N4O4. The van der Waals surface area contributed by atoms with E-state index in [0.717, 1.165) is 19.4 Å². The quantitative estimate of drug-likeness (QED) is 0.661. The van der Waals surface area contributed by atoms with Crippen LogP contribution in [0, 0.1) is 16.0 Å². The second-order valence-electron chi connectivity index (χ2n) is 6.16. The van der Waals surface area contributed by atoms with E-state index in [0.29, 0.717) is 29.7 Å². The van der Waals surface area contributed by atoms with Gasteiger partial charge in [0, 0.05) is 23.7 Å². The Hall–Kier alpha value is -2.32. The second-order valence-corrected chi connectivity index (χ2v) is 6.16. The molecule has 0 saturated carbocycles. The zero-order valence-electron chi connectivity index (χ0n) is 13.5. The summed E-state index contributed by atoms with van der Waals surface area (Å²) in [6, 6.07) is 6.24. The van der Waals surface area contributed by atoms with E-state index in [1.165, 1.54) is 12.1 Å². The molecule has 1 aliphatic rings. The summed E-state index contributed by atoms with van der Waals surface area (Å²) in [5.41, 5.74) is 0.536. The normalized spacial score (nSPS) is 21.8. The van der Waals surface area contributed by atoms with E-state index in [4.69, 9.17) is 4.52 Å². The minimum Gasteiger partial charge on any atom is -0.395 e. The third kappa shape index (κ3) is 3.44. The van der Waals surface area contributed by atoms with Gasteiger partial charge >= 0.3 is 0 Å². The van der Waals surface area contributed by atoms with Crippen molar-refractivity contribution in [1.29, 1.82) is 0 Å². The molecule has 1 fully saturated rings. The van der Waals surface area contributed by atoms with Crippen molar-refractivity contribution >= 4 is 5.69 Å². The minimum atomic E-state index is -0.453. The zero-order valence-corrected chi connectivity index (χ0v) is 13.5. The first-order chi connectivity index (χ1) is 11.6. The summed E-state index contributed by atoms with van der Waals surface area (Å²) in [5, 5.41) is 24.4. The van der Waals surface area contributed by atoms with Crippen LogP contribution in [0.15, 0.2) is 28.8 Å². The van der Waals surface area contributed by atoms with Gasteiger partial charge in [-0.05, 0) is 25.3 Å². The van der Waals surface area contributed by atoms with Gasteiger partial charge in [0.25, 0.3) is 5.69 Å². The highest BCUT2D eigenvalue weighted by Gasteiger charge is 2.29. The molecule has 8 nitrogen and oxygen atoms in total. The molecule has 0 aliphatic carbocycles. The molecule has 2 atom stereocenters. The third-order valence-corrected chi connectivity index (χ3v) is 4.54. The fraction of sp³-hybridized carbons (Fsp3) is 0.500. The Labute approximate surface area is 139 Å². The molecule has 128 valence electrons. The number of rotatable bonds is 5. The average molecular weight is 332 g/mol. The molecule has 1 saturated heterocycles. The van der Waals surface area contributed by atoms with Gasteiger partial charge in [-0.25, -0.2) is 0 Å². The van der Waals surface area contributed by atoms with Crippen molar-refractivity contribution in [1.82, 2.24) is 15.0 Å². The molecule has 0 spiro atoms. The number of likely N-dealkylation sites (tertiary alicyclic amines) is 1. The number of aliphatic hydroxyl groups excluding tert-OH is 1. The number of non-ortho nitro benzene ring substituents is 1. The zero-order chi connectivity index (χ0) is 17.1. The number of nitro benzene ring substituents is 1. The molecule has 1 aromatic carbocycles. The van der Waals surface area contributed by atoms with Crippen molar-refractivity contribution in [3.8, 4) is 11.4 Å². The standard InChI is InChI=1S/C16H20N4O4/c1-11-4-3-7-19(14(11)10-21)9-15-17-16(18-24-15)12-5-2-6-13(8-12)20(22)23/h2,5-6,8,11,14,21H,3-4,7,9-10H2,1H3. The summed E-state index contributed by atoms with van der Waals surface area (Å²) < 4.78 is 5.30. The predicted octanol–water partition coefficient (Wildman–Crippen LogP) is 2.24. The minimum absolute atomic E-state index is 0.0101. The molecule has 2 aromatic rings. The monoisotopic (exact) mass is 332 g/mol. The first-order valence-corrected chi connectivity index (χ1v) is 8.01. The lowest BCUT2D eigenvalue weighted by Gasteiger charge is -2.38. The number of aromatic nitrogens is 2. The number of nitrogens with zero attached hydrogens (tertiary/aromatic N) is 4. The van der Waals surface area contributed by atoms with Crippen LogP contribution in [0.4, 0.5) is 5.69 Å². The summed E-state index contributed by atoms with van der Waals surface area (Å²) in [6.07, 6.45) is 2.17. The largest absolute Gasteiger partial charge is 0.395 e. The summed E-state index contributed by atoms with van der Waals surface area (Å²) in [7, 11) is 0. The SMILES string of the molecule is CC1CCCN(Cc2nc(-c3cccc([N+](=O)[O-])c3)no2)C1CO. The van der Waals surface area contributed by atoms with Crippen LogP contribution < -0.4 is 0 Å². The van der Waals surface area contributed by atoms with Crippen molar-refractivity contribution in [3.63, 3.8) is 0 Å². The molecular weight excluding hydrogens is 312 g/mol. The Bertz CT molecular complexity index is 718. The summed E-state index contributed by atoms with van der Waals surface area (Å²) in [4.78, 5) is 16.9. The number of hydrogen-bond donors (Lipinski definition) is 1. The van der Waals surface area contributed by atoms with Crippen LogP contribution in [0.25, 0.3) is 11.4 Å². The van der Waals surface area contributed by atoms with E-state index in [1.807, 2.05) is 0 Å². The Morgan fingerprint density at radius 3 is 3.08 bits per heavy atom. The summed E-state index contributed by atoms with van der Waals surface area (Å²) >= 11 is 0. The van der Waals surface area contributed by atoms with Crippen molar-refractivity contribution in [2.75, 3.05) is 13.2 Å². The maximum atomic E-state index is 10.9. The van der Waals surface area contributed by atoms with Gasteiger partial charge < -0.3 is 9.63 Å². The lowest BCUT2D eigenvalue weighted by molar-refractivity contribution is -0.384. The Morgan fingerprint density at radius 1 is 1.50 bits per heavy atom. The Balaban J connectivity index is 1.76. The number of nitro groups is 1. The van der Waals surface area contributed by atoms with Crippen LogP contribution in [0.3, 0.4) is 0 Å². The lowest BCUT2D eigenvalue weighted by Crippen LogP contribution is -2.46. The molecule has 8 heteroatoms. The first kappa shape index (κ1) is 16.5. The van der Waals surface area contributed by atoms with Gasteiger partial charge in [0.2, 0.25) is 11.7 Å². The van der Waals surface area contributed by atoms with Gasteiger partial charge in [-0.3, -0.25) is 15.0 Å². The summed E-state index contributed by atoms with van der Waals surface area (Å²) in [5.74, 6) is 1.20. The van der Waals surface area contributed by atoms with Crippen LogP contribution in [0.1, 0.15) is 25.7 Å². The molecule has 3 rings (SSSR count). The molecule has 24 heavy (non-hydrogen) atoms. The van der Waals surface area contributed by atoms with E-state index >= 15 is 0 Å². The average Bonchev–Trinajstić information content (AvgIpc) is 3.04. The highest BCUT2D eigenvalue weighted by atomic mass is 16.6. The smallest absolute Gasteiger partial charge is 0.270 e. The molecule has 0 amide bonds. The Morgan fingerprint density at radius 2 is 2.33 bits per heavy atom. The van der Waals surface area contributed by atoms with Crippen molar-refractivity contribution in [2.24, 2.45) is 5.92 Å². The highest BCUT2D eigenvalue weighted by molar-refractivity contribution is 5.58. The van der Waals surface area contributed by atoms with Gasteiger partial charge in [-0.1, -0.05) is 24.2 Å². The van der Waals surface area contributed by atoms with Gasteiger partial charge in [-0.15, -0.1) is 0 Å². The van der Waals surface area contributed by atoms with Gasteiger partial charge in [0.15, 0.2) is 0 Å². The number of piperidine rings is 1. The van der Waals surface area contributed by atoms with Crippen LogP contribution >= 0.6 is 0 Å². The van der Waals surface area contributed by atoms with Gasteiger partial charge in [-0.2, -0.15) is 4.98 Å². The van der Waals surface area contributed by atoms with Crippen molar-refractivity contribution in [3.05, 3.63) is 40.3 Å². The molecule has 2 heterocycles. The van der Waals surface area contributed by atoms with Gasteiger partial charge in [0.05, 0.1) is 18.1 Å². The predicted molar refractivity (Wildman–Crippen MR) is 86.1 cm³/mol. The summed E-state index contributed by atoms with van der Waals surface area (Å²) in [6.45, 7) is 3.59. The first-order valence-electron chi connectivity index (χ1n) is 8.01. The molecule has 1 N–H and O–H groups in total. The lowest BCUT2D eigenvalue weighted by atomic mass is 9.91.